The number of aryl methyl sites for hydroxylation is 1. The summed E-state index contributed by atoms with van der Waals surface area (Å²) in [7, 11) is 0. The number of hydrogen-bond acceptors (Lipinski definition) is 4. The molecule has 0 aliphatic rings. The van der Waals surface area contributed by atoms with Gasteiger partial charge in [0.1, 0.15) is 6.04 Å². The number of amides is 2. The van der Waals surface area contributed by atoms with Crippen molar-refractivity contribution in [1.82, 2.24) is 10.2 Å². The lowest BCUT2D eigenvalue weighted by atomic mass is 10.0. The van der Waals surface area contributed by atoms with E-state index in [1.165, 1.54) is 0 Å². The van der Waals surface area contributed by atoms with E-state index in [2.05, 4.69) is 5.32 Å². The summed E-state index contributed by atoms with van der Waals surface area (Å²) in [6, 6.07) is 22.3. The second-order valence-corrected chi connectivity index (χ2v) is 9.73. The van der Waals surface area contributed by atoms with Crippen LogP contribution in [0.25, 0.3) is 0 Å². The Morgan fingerprint density at radius 3 is 2.26 bits per heavy atom. The Morgan fingerprint density at radius 2 is 1.56 bits per heavy atom. The molecule has 6 nitrogen and oxygen atoms in total. The van der Waals surface area contributed by atoms with Crippen LogP contribution in [0.1, 0.15) is 50.3 Å². The van der Waals surface area contributed by atoms with E-state index in [1.807, 2.05) is 87.5 Å². The third-order valence-corrected chi connectivity index (χ3v) is 6.53. The van der Waals surface area contributed by atoms with Crippen molar-refractivity contribution in [2.24, 2.45) is 0 Å². The summed E-state index contributed by atoms with van der Waals surface area (Å²) in [5.74, 6) is 1.10. The summed E-state index contributed by atoms with van der Waals surface area (Å²) in [5.41, 5.74) is 2.83. The zero-order chi connectivity index (χ0) is 28.0. The zero-order valence-electron chi connectivity index (χ0n) is 23.1. The Kier molecular flexibility index (Phi) is 12.2. The molecule has 2 amide bonds. The number of benzene rings is 3. The molecule has 1 atom stereocenters. The van der Waals surface area contributed by atoms with Gasteiger partial charge in [-0.25, -0.2) is 0 Å². The summed E-state index contributed by atoms with van der Waals surface area (Å²) < 4.78 is 11.4. The number of halogens is 1. The molecule has 3 rings (SSSR count). The first-order chi connectivity index (χ1) is 18.9. The second-order valence-electron chi connectivity index (χ2n) is 9.30. The smallest absolute Gasteiger partial charge is 0.243 e. The first-order valence-corrected chi connectivity index (χ1v) is 14.1. The minimum atomic E-state index is -0.662. The van der Waals surface area contributed by atoms with Gasteiger partial charge in [-0.1, -0.05) is 67.1 Å². The number of nitrogens with one attached hydrogen (secondary N) is 1. The highest BCUT2D eigenvalue weighted by Gasteiger charge is 2.30. The van der Waals surface area contributed by atoms with E-state index in [0.717, 1.165) is 23.1 Å². The Hall–Kier alpha value is -3.51. The molecule has 0 spiro atoms. The first-order valence-electron chi connectivity index (χ1n) is 13.7. The normalized spacial score (nSPS) is 11.5. The average Bonchev–Trinajstić information content (AvgIpc) is 2.94. The van der Waals surface area contributed by atoms with Gasteiger partial charge in [0, 0.05) is 31.0 Å². The van der Waals surface area contributed by atoms with E-state index in [-0.39, 0.29) is 24.8 Å². The summed E-state index contributed by atoms with van der Waals surface area (Å²) in [4.78, 5) is 29.0. The van der Waals surface area contributed by atoms with Crippen LogP contribution >= 0.6 is 11.6 Å². The fourth-order valence-electron chi connectivity index (χ4n) is 4.40. The topological polar surface area (TPSA) is 67.9 Å². The number of rotatable bonds is 15. The van der Waals surface area contributed by atoms with Crippen molar-refractivity contribution in [1.29, 1.82) is 0 Å². The van der Waals surface area contributed by atoms with E-state index in [9.17, 15) is 9.59 Å². The van der Waals surface area contributed by atoms with Gasteiger partial charge in [-0.3, -0.25) is 9.59 Å². The number of carbonyl (C=O) groups excluding carboxylic acids is 2. The van der Waals surface area contributed by atoms with Crippen molar-refractivity contribution in [3.8, 4) is 11.5 Å². The molecule has 0 heterocycles. The number of carbonyl (C=O) groups is 2. The van der Waals surface area contributed by atoms with Crippen LogP contribution < -0.4 is 14.8 Å². The molecule has 39 heavy (non-hydrogen) atoms. The Balaban J connectivity index is 1.88. The predicted molar refractivity (Wildman–Crippen MR) is 156 cm³/mol. The molecule has 3 aromatic rings. The molecule has 7 heteroatoms. The van der Waals surface area contributed by atoms with Gasteiger partial charge in [0.2, 0.25) is 11.8 Å². The maximum absolute atomic E-state index is 13.9. The van der Waals surface area contributed by atoms with E-state index in [4.69, 9.17) is 21.1 Å². The molecule has 0 radical (unpaired) electrons. The van der Waals surface area contributed by atoms with Gasteiger partial charge in [0.25, 0.3) is 0 Å². The number of hydrogen-bond donors (Lipinski definition) is 1. The average molecular weight is 551 g/mol. The lowest BCUT2D eigenvalue weighted by Gasteiger charge is -2.31. The molecule has 0 saturated heterocycles. The molecule has 0 aliphatic carbocycles. The molecule has 208 valence electrons. The highest BCUT2D eigenvalue weighted by molar-refractivity contribution is 6.30. The Bertz CT molecular complexity index is 1200. The summed E-state index contributed by atoms with van der Waals surface area (Å²) in [5, 5.41) is 3.60. The van der Waals surface area contributed by atoms with Crippen LogP contribution in [0.3, 0.4) is 0 Å². The maximum Gasteiger partial charge on any atom is 0.243 e. The van der Waals surface area contributed by atoms with Gasteiger partial charge in [0.05, 0.1) is 13.2 Å². The minimum absolute atomic E-state index is 0.102. The van der Waals surface area contributed by atoms with E-state index < -0.39 is 6.04 Å². The van der Waals surface area contributed by atoms with Crippen molar-refractivity contribution in [2.75, 3.05) is 19.8 Å². The third kappa shape index (κ3) is 9.32. The van der Waals surface area contributed by atoms with Gasteiger partial charge >= 0.3 is 0 Å². The van der Waals surface area contributed by atoms with Crippen molar-refractivity contribution >= 4 is 23.4 Å². The van der Waals surface area contributed by atoms with Crippen LogP contribution in [0.15, 0.2) is 72.8 Å². The Morgan fingerprint density at radius 1 is 0.846 bits per heavy atom. The van der Waals surface area contributed by atoms with Crippen LogP contribution in [0.4, 0.5) is 0 Å². The zero-order valence-corrected chi connectivity index (χ0v) is 23.9. The van der Waals surface area contributed by atoms with Crippen molar-refractivity contribution in [2.45, 2.75) is 59.0 Å². The molecule has 1 N–H and O–H groups in total. The SMILES string of the molecule is CCCNC(=O)[C@@H](Cc1ccccc1)N(Cc1cccc(Cl)c1)C(=O)CCc1ccc(OCC)c(OCC)c1. The fourth-order valence-corrected chi connectivity index (χ4v) is 4.61. The quantitative estimate of drug-likeness (QED) is 0.243. The molecular weight excluding hydrogens is 512 g/mol. The van der Waals surface area contributed by atoms with Gasteiger partial charge in [0.15, 0.2) is 11.5 Å². The third-order valence-electron chi connectivity index (χ3n) is 6.30. The largest absolute Gasteiger partial charge is 0.490 e. The molecule has 3 aromatic carbocycles. The van der Waals surface area contributed by atoms with Gasteiger partial charge in [-0.2, -0.15) is 0 Å². The van der Waals surface area contributed by atoms with Gasteiger partial charge in [-0.15, -0.1) is 0 Å². The van der Waals surface area contributed by atoms with Crippen LogP contribution in [-0.2, 0) is 29.0 Å². The molecule has 0 bridgehead atoms. The maximum atomic E-state index is 13.9. The highest BCUT2D eigenvalue weighted by Crippen LogP contribution is 2.29. The summed E-state index contributed by atoms with van der Waals surface area (Å²) in [6.07, 6.45) is 1.98. The van der Waals surface area contributed by atoms with Crippen molar-refractivity contribution < 1.29 is 19.1 Å². The molecule has 0 aromatic heterocycles. The lowest BCUT2D eigenvalue weighted by molar-refractivity contribution is -0.141. The van der Waals surface area contributed by atoms with Crippen LogP contribution in [-0.4, -0.2) is 42.5 Å². The molecular formula is C32H39ClN2O4. The van der Waals surface area contributed by atoms with Gasteiger partial charge < -0.3 is 19.7 Å². The van der Waals surface area contributed by atoms with Crippen LogP contribution in [0.2, 0.25) is 5.02 Å². The highest BCUT2D eigenvalue weighted by atomic mass is 35.5. The first kappa shape index (κ1) is 30.0. The van der Waals surface area contributed by atoms with Crippen LogP contribution in [0, 0.1) is 0 Å². The van der Waals surface area contributed by atoms with Crippen molar-refractivity contribution in [3.05, 3.63) is 94.5 Å². The Labute approximate surface area is 237 Å². The minimum Gasteiger partial charge on any atom is -0.490 e. The molecule has 0 fully saturated rings. The molecule has 0 unspecified atom stereocenters. The summed E-state index contributed by atoms with van der Waals surface area (Å²) >= 11 is 6.26. The molecule has 0 saturated carbocycles. The van der Waals surface area contributed by atoms with E-state index >= 15 is 0 Å². The predicted octanol–water partition coefficient (Wildman–Crippen LogP) is 6.24. The second kappa shape index (κ2) is 15.8. The standard InChI is InChI=1S/C32H39ClN2O4/c1-4-19-34-32(37)28(21-24-11-8-7-9-12-24)35(23-26-13-10-14-27(33)20-26)31(36)18-16-25-15-17-29(38-5-2)30(22-25)39-6-3/h7-15,17,20,22,28H,4-6,16,18-19,21,23H2,1-3H3,(H,34,37)/t28-/m1/s1. The van der Waals surface area contributed by atoms with Crippen molar-refractivity contribution in [3.63, 3.8) is 0 Å². The van der Waals surface area contributed by atoms with Gasteiger partial charge in [-0.05, 0) is 67.6 Å². The van der Waals surface area contributed by atoms with E-state index in [1.54, 1.807) is 11.0 Å². The van der Waals surface area contributed by atoms with Crippen LogP contribution in [0.5, 0.6) is 11.5 Å². The monoisotopic (exact) mass is 550 g/mol. The molecule has 0 aliphatic heterocycles. The fraction of sp³-hybridized carbons (Fsp3) is 0.375. The number of ether oxygens (including phenoxy) is 2. The van der Waals surface area contributed by atoms with E-state index in [0.29, 0.717) is 49.1 Å². The lowest BCUT2D eigenvalue weighted by Crippen LogP contribution is -2.50. The summed E-state index contributed by atoms with van der Waals surface area (Å²) in [6.45, 7) is 7.76. The number of nitrogens with zero attached hydrogens (tertiary/aromatic N) is 1.